The standard InChI is InChI=1S/C13H24N2O2/c1-3-13(2)5-4-7-15(10-13)12(16)11-9-17-8-6-14-11/h11,14H,3-10H2,1-2H3. The van der Waals surface area contributed by atoms with Crippen molar-refractivity contribution >= 4 is 5.91 Å². The van der Waals surface area contributed by atoms with Gasteiger partial charge in [0.05, 0.1) is 13.2 Å². The van der Waals surface area contributed by atoms with E-state index in [4.69, 9.17) is 4.74 Å². The fourth-order valence-corrected chi connectivity index (χ4v) is 2.74. The zero-order valence-corrected chi connectivity index (χ0v) is 11.0. The van der Waals surface area contributed by atoms with Crippen LogP contribution in [0.2, 0.25) is 0 Å². The van der Waals surface area contributed by atoms with Crippen molar-refractivity contribution in [1.82, 2.24) is 10.2 Å². The lowest BCUT2D eigenvalue weighted by Gasteiger charge is -2.41. The molecule has 1 N–H and O–H groups in total. The van der Waals surface area contributed by atoms with E-state index in [1.807, 2.05) is 4.90 Å². The molecular weight excluding hydrogens is 216 g/mol. The number of likely N-dealkylation sites (tertiary alicyclic amines) is 1. The quantitative estimate of drug-likeness (QED) is 0.783. The molecule has 0 aromatic heterocycles. The molecule has 0 spiro atoms. The van der Waals surface area contributed by atoms with Crippen molar-refractivity contribution in [3.05, 3.63) is 0 Å². The monoisotopic (exact) mass is 240 g/mol. The molecule has 0 aromatic carbocycles. The summed E-state index contributed by atoms with van der Waals surface area (Å²) >= 11 is 0. The second-order valence-corrected chi connectivity index (χ2v) is 5.61. The molecule has 2 aliphatic heterocycles. The Morgan fingerprint density at radius 1 is 1.59 bits per heavy atom. The van der Waals surface area contributed by atoms with E-state index in [0.29, 0.717) is 12.0 Å². The average Bonchev–Trinajstić information content (AvgIpc) is 2.39. The third kappa shape index (κ3) is 2.99. The van der Waals surface area contributed by atoms with Crippen LogP contribution in [-0.4, -0.2) is 49.7 Å². The van der Waals surface area contributed by atoms with Gasteiger partial charge in [-0.2, -0.15) is 0 Å². The lowest BCUT2D eigenvalue weighted by Crippen LogP contribution is -2.55. The summed E-state index contributed by atoms with van der Waals surface area (Å²) < 4.78 is 5.36. The van der Waals surface area contributed by atoms with Gasteiger partial charge in [-0.1, -0.05) is 13.8 Å². The van der Waals surface area contributed by atoms with Crippen LogP contribution in [0.4, 0.5) is 0 Å². The Balaban J connectivity index is 1.94. The number of ether oxygens (including phenoxy) is 1. The van der Waals surface area contributed by atoms with Gasteiger partial charge in [0.1, 0.15) is 6.04 Å². The van der Waals surface area contributed by atoms with Crippen LogP contribution in [0, 0.1) is 5.41 Å². The molecule has 1 amide bonds. The van der Waals surface area contributed by atoms with Gasteiger partial charge >= 0.3 is 0 Å². The van der Waals surface area contributed by atoms with Gasteiger partial charge < -0.3 is 15.0 Å². The van der Waals surface area contributed by atoms with Crippen LogP contribution in [0.25, 0.3) is 0 Å². The summed E-state index contributed by atoms with van der Waals surface area (Å²) in [6, 6.07) is -0.122. The van der Waals surface area contributed by atoms with Crippen molar-refractivity contribution in [3.63, 3.8) is 0 Å². The van der Waals surface area contributed by atoms with Gasteiger partial charge in [0.25, 0.3) is 0 Å². The second kappa shape index (κ2) is 5.36. The van der Waals surface area contributed by atoms with Crippen LogP contribution in [0.15, 0.2) is 0 Å². The maximum atomic E-state index is 12.3. The topological polar surface area (TPSA) is 41.6 Å². The molecule has 0 aliphatic carbocycles. The van der Waals surface area contributed by atoms with E-state index in [9.17, 15) is 4.79 Å². The Hall–Kier alpha value is -0.610. The van der Waals surface area contributed by atoms with E-state index < -0.39 is 0 Å². The van der Waals surface area contributed by atoms with Gasteiger partial charge in [-0.3, -0.25) is 4.79 Å². The first-order valence-electron chi connectivity index (χ1n) is 6.74. The number of morpholine rings is 1. The van der Waals surface area contributed by atoms with E-state index in [1.165, 1.54) is 6.42 Å². The molecular formula is C13H24N2O2. The van der Waals surface area contributed by atoms with Crippen LogP contribution >= 0.6 is 0 Å². The van der Waals surface area contributed by atoms with Crippen molar-refractivity contribution in [2.45, 2.75) is 39.2 Å². The van der Waals surface area contributed by atoms with Crippen molar-refractivity contribution in [2.75, 3.05) is 32.8 Å². The van der Waals surface area contributed by atoms with E-state index >= 15 is 0 Å². The highest BCUT2D eigenvalue weighted by Crippen LogP contribution is 2.32. The van der Waals surface area contributed by atoms with Crippen LogP contribution in [0.5, 0.6) is 0 Å². The molecule has 0 saturated carbocycles. The van der Waals surface area contributed by atoms with E-state index in [1.54, 1.807) is 0 Å². The molecule has 2 heterocycles. The zero-order valence-electron chi connectivity index (χ0n) is 11.0. The maximum absolute atomic E-state index is 12.3. The minimum atomic E-state index is -0.122. The van der Waals surface area contributed by atoms with Gasteiger partial charge in [0.2, 0.25) is 5.91 Å². The van der Waals surface area contributed by atoms with Gasteiger partial charge in [0, 0.05) is 19.6 Å². The van der Waals surface area contributed by atoms with E-state index in [2.05, 4.69) is 19.2 Å². The molecule has 2 unspecified atom stereocenters. The molecule has 2 fully saturated rings. The number of amides is 1. The predicted octanol–water partition coefficient (Wildman–Crippen LogP) is 1.01. The molecule has 2 saturated heterocycles. The molecule has 4 heteroatoms. The van der Waals surface area contributed by atoms with Crippen LogP contribution in [-0.2, 0) is 9.53 Å². The largest absolute Gasteiger partial charge is 0.378 e. The number of carbonyl (C=O) groups excluding carboxylic acids is 1. The third-order valence-electron chi connectivity index (χ3n) is 4.17. The van der Waals surface area contributed by atoms with Gasteiger partial charge in [0.15, 0.2) is 0 Å². The highest BCUT2D eigenvalue weighted by atomic mass is 16.5. The molecule has 2 aliphatic rings. The van der Waals surface area contributed by atoms with E-state index in [0.717, 1.165) is 39.1 Å². The van der Waals surface area contributed by atoms with E-state index in [-0.39, 0.29) is 11.9 Å². The van der Waals surface area contributed by atoms with Gasteiger partial charge in [-0.15, -0.1) is 0 Å². The summed E-state index contributed by atoms with van der Waals surface area (Å²) in [6.07, 6.45) is 3.51. The zero-order chi connectivity index (χ0) is 12.3. The Morgan fingerprint density at radius 3 is 3.06 bits per heavy atom. The number of nitrogens with one attached hydrogen (secondary N) is 1. The summed E-state index contributed by atoms with van der Waals surface area (Å²) in [6.45, 7) is 8.35. The van der Waals surface area contributed by atoms with Crippen molar-refractivity contribution < 1.29 is 9.53 Å². The maximum Gasteiger partial charge on any atom is 0.242 e. The molecule has 17 heavy (non-hydrogen) atoms. The minimum absolute atomic E-state index is 0.122. The van der Waals surface area contributed by atoms with Crippen molar-refractivity contribution in [2.24, 2.45) is 5.41 Å². The smallest absolute Gasteiger partial charge is 0.242 e. The molecule has 0 radical (unpaired) electrons. The first-order chi connectivity index (χ1) is 8.14. The van der Waals surface area contributed by atoms with Crippen molar-refractivity contribution in [3.8, 4) is 0 Å². The van der Waals surface area contributed by atoms with Gasteiger partial charge in [-0.25, -0.2) is 0 Å². The Kier molecular flexibility index (Phi) is 4.05. The van der Waals surface area contributed by atoms with Gasteiger partial charge in [-0.05, 0) is 24.7 Å². The van der Waals surface area contributed by atoms with Crippen LogP contribution < -0.4 is 5.32 Å². The number of rotatable bonds is 2. The first kappa shape index (κ1) is 12.8. The minimum Gasteiger partial charge on any atom is -0.378 e. The summed E-state index contributed by atoms with van der Waals surface area (Å²) in [7, 11) is 0. The predicted molar refractivity (Wildman–Crippen MR) is 66.8 cm³/mol. The average molecular weight is 240 g/mol. The lowest BCUT2D eigenvalue weighted by atomic mass is 9.79. The fourth-order valence-electron chi connectivity index (χ4n) is 2.74. The highest BCUT2D eigenvalue weighted by Gasteiger charge is 2.34. The molecule has 4 nitrogen and oxygen atoms in total. The SMILES string of the molecule is CCC1(C)CCCN(C(=O)C2COCCN2)C1. The molecule has 0 aromatic rings. The number of carbonyl (C=O) groups is 1. The second-order valence-electron chi connectivity index (χ2n) is 5.61. The number of hydrogen-bond acceptors (Lipinski definition) is 3. The number of hydrogen-bond donors (Lipinski definition) is 1. The Morgan fingerprint density at radius 2 is 2.41 bits per heavy atom. The molecule has 2 rings (SSSR count). The first-order valence-corrected chi connectivity index (χ1v) is 6.74. The summed E-state index contributed by atoms with van der Waals surface area (Å²) in [5.74, 6) is 0.226. The third-order valence-corrected chi connectivity index (χ3v) is 4.17. The summed E-state index contributed by atoms with van der Waals surface area (Å²) in [4.78, 5) is 14.4. The normalized spacial score (nSPS) is 34.7. The molecule has 2 atom stereocenters. The lowest BCUT2D eigenvalue weighted by molar-refractivity contribution is -0.139. The van der Waals surface area contributed by atoms with Crippen molar-refractivity contribution in [1.29, 1.82) is 0 Å². The summed E-state index contributed by atoms with van der Waals surface area (Å²) in [5, 5.41) is 3.25. The Bertz CT molecular complexity index is 277. The highest BCUT2D eigenvalue weighted by molar-refractivity contribution is 5.82. The number of nitrogens with zero attached hydrogens (tertiary/aromatic N) is 1. The molecule has 98 valence electrons. The Labute approximate surface area is 104 Å². The molecule has 0 bridgehead atoms. The van der Waals surface area contributed by atoms with Crippen LogP contribution in [0.1, 0.15) is 33.1 Å². The summed E-state index contributed by atoms with van der Waals surface area (Å²) in [5.41, 5.74) is 0.309. The fraction of sp³-hybridized carbons (Fsp3) is 0.923. The van der Waals surface area contributed by atoms with Crippen LogP contribution in [0.3, 0.4) is 0 Å². The number of piperidine rings is 1.